The van der Waals surface area contributed by atoms with E-state index < -0.39 is 23.4 Å². The number of hydrazine groups is 1. The zero-order valence-electron chi connectivity index (χ0n) is 18.8. The van der Waals surface area contributed by atoms with Crippen molar-refractivity contribution >= 4 is 17.8 Å². The van der Waals surface area contributed by atoms with Crippen molar-refractivity contribution in [2.45, 2.75) is 18.5 Å². The molecule has 0 bridgehead atoms. The topological polar surface area (TPSA) is 113 Å². The van der Waals surface area contributed by atoms with Crippen LogP contribution in [0.25, 0.3) is 0 Å². The number of imide groups is 1. The van der Waals surface area contributed by atoms with Crippen molar-refractivity contribution in [1.82, 2.24) is 26.1 Å². The van der Waals surface area contributed by atoms with E-state index in [-0.39, 0.29) is 12.6 Å². The molecule has 2 aromatic carbocycles. The molecular formula is C25H25N5O4. The zero-order valence-corrected chi connectivity index (χ0v) is 18.8. The Kier molecular flexibility index (Phi) is 6.55. The van der Waals surface area contributed by atoms with Gasteiger partial charge in [-0.3, -0.25) is 25.3 Å². The van der Waals surface area contributed by atoms with Crippen LogP contribution in [0.3, 0.4) is 0 Å². The Morgan fingerprint density at radius 1 is 1.06 bits per heavy atom. The minimum absolute atomic E-state index is 0.146. The van der Waals surface area contributed by atoms with Gasteiger partial charge in [0.05, 0.1) is 25.4 Å². The number of benzene rings is 2. The van der Waals surface area contributed by atoms with Gasteiger partial charge >= 0.3 is 6.03 Å². The molecule has 1 aromatic heterocycles. The standard InChI is InChI=1S/C25H25N5O4/c1-25(18-11-13-19(34-2)14-12-18)23(32)30(24(33)28-25)29-21(31)16-27-22(17-8-4-3-5-9-17)20-10-6-7-15-26-20/h3-15,22,27H,16H2,1-2H3,(H,28,33)(H,29,31). The van der Waals surface area contributed by atoms with Crippen LogP contribution in [-0.2, 0) is 15.1 Å². The highest BCUT2D eigenvalue weighted by atomic mass is 16.5. The summed E-state index contributed by atoms with van der Waals surface area (Å²) in [5.74, 6) is -0.499. The lowest BCUT2D eigenvalue weighted by molar-refractivity contribution is -0.138. The van der Waals surface area contributed by atoms with E-state index in [1.165, 1.54) is 0 Å². The fourth-order valence-corrected chi connectivity index (χ4v) is 3.80. The van der Waals surface area contributed by atoms with Crippen LogP contribution in [0.4, 0.5) is 4.79 Å². The fourth-order valence-electron chi connectivity index (χ4n) is 3.80. The van der Waals surface area contributed by atoms with Gasteiger partial charge in [-0.25, -0.2) is 4.79 Å². The van der Waals surface area contributed by atoms with E-state index in [2.05, 4.69) is 21.0 Å². The lowest BCUT2D eigenvalue weighted by atomic mass is 9.92. The molecule has 0 saturated carbocycles. The number of ether oxygens (including phenoxy) is 1. The molecule has 9 nitrogen and oxygen atoms in total. The predicted octanol–water partition coefficient (Wildman–Crippen LogP) is 2.27. The van der Waals surface area contributed by atoms with Gasteiger partial charge in [-0.05, 0) is 42.3 Å². The Morgan fingerprint density at radius 2 is 1.76 bits per heavy atom. The van der Waals surface area contributed by atoms with Crippen LogP contribution in [0, 0.1) is 0 Å². The third-order valence-electron chi connectivity index (χ3n) is 5.68. The first-order valence-electron chi connectivity index (χ1n) is 10.7. The molecule has 3 N–H and O–H groups in total. The van der Waals surface area contributed by atoms with E-state index in [0.717, 1.165) is 11.3 Å². The number of carbonyl (C=O) groups is 3. The first-order chi connectivity index (χ1) is 16.4. The first-order valence-corrected chi connectivity index (χ1v) is 10.7. The Hall–Kier alpha value is -4.24. The molecule has 0 spiro atoms. The fraction of sp³-hybridized carbons (Fsp3) is 0.200. The highest BCUT2D eigenvalue weighted by Gasteiger charge is 2.50. The van der Waals surface area contributed by atoms with E-state index in [0.29, 0.717) is 16.3 Å². The number of methoxy groups -OCH3 is 1. The zero-order chi connectivity index (χ0) is 24.1. The Bertz CT molecular complexity index is 1130. The minimum Gasteiger partial charge on any atom is -0.497 e. The van der Waals surface area contributed by atoms with E-state index >= 15 is 0 Å². The van der Waals surface area contributed by atoms with E-state index in [4.69, 9.17) is 4.74 Å². The number of hydrogen-bond donors (Lipinski definition) is 3. The summed E-state index contributed by atoms with van der Waals surface area (Å²) in [6.45, 7) is 1.44. The van der Waals surface area contributed by atoms with Gasteiger partial charge in [0, 0.05) is 6.20 Å². The maximum absolute atomic E-state index is 13.1. The second kappa shape index (κ2) is 9.72. The molecule has 34 heavy (non-hydrogen) atoms. The summed E-state index contributed by atoms with van der Waals surface area (Å²) >= 11 is 0. The maximum Gasteiger partial charge on any atom is 0.344 e. The lowest BCUT2D eigenvalue weighted by Crippen LogP contribution is -2.50. The maximum atomic E-state index is 13.1. The first kappa shape index (κ1) is 22.9. The van der Waals surface area contributed by atoms with Crippen LogP contribution in [0.2, 0.25) is 0 Å². The predicted molar refractivity (Wildman–Crippen MR) is 124 cm³/mol. The van der Waals surface area contributed by atoms with Crippen molar-refractivity contribution in [3.63, 3.8) is 0 Å². The number of rotatable bonds is 8. The molecule has 1 fully saturated rings. The number of urea groups is 1. The number of amides is 4. The summed E-state index contributed by atoms with van der Waals surface area (Å²) in [5.41, 5.74) is 3.33. The Labute approximate surface area is 197 Å². The van der Waals surface area contributed by atoms with E-state index in [1.54, 1.807) is 44.5 Å². The molecule has 1 saturated heterocycles. The van der Waals surface area contributed by atoms with Crippen molar-refractivity contribution in [3.8, 4) is 5.75 Å². The molecular weight excluding hydrogens is 434 g/mol. The summed E-state index contributed by atoms with van der Waals surface area (Å²) in [6.07, 6.45) is 1.68. The second-order valence-electron chi connectivity index (χ2n) is 7.94. The second-order valence-corrected chi connectivity index (χ2v) is 7.94. The number of hydrogen-bond acceptors (Lipinski definition) is 6. The summed E-state index contributed by atoms with van der Waals surface area (Å²) in [5, 5.41) is 6.53. The summed E-state index contributed by atoms with van der Waals surface area (Å²) in [7, 11) is 1.54. The SMILES string of the molecule is COc1ccc(C2(C)NC(=O)N(NC(=O)CNC(c3ccccc3)c3ccccn3)C2=O)cc1. The molecule has 0 radical (unpaired) electrons. The van der Waals surface area contributed by atoms with Crippen molar-refractivity contribution in [3.05, 3.63) is 95.8 Å². The molecule has 1 aliphatic heterocycles. The van der Waals surface area contributed by atoms with Gasteiger partial charge in [-0.15, -0.1) is 0 Å². The molecule has 4 amide bonds. The smallest absolute Gasteiger partial charge is 0.344 e. The van der Waals surface area contributed by atoms with Gasteiger partial charge in [0.1, 0.15) is 11.3 Å². The summed E-state index contributed by atoms with van der Waals surface area (Å²) in [6, 6.07) is 20.9. The highest BCUT2D eigenvalue weighted by Crippen LogP contribution is 2.29. The molecule has 0 aliphatic carbocycles. The number of nitrogens with one attached hydrogen (secondary N) is 3. The van der Waals surface area contributed by atoms with Crippen LogP contribution >= 0.6 is 0 Å². The molecule has 2 unspecified atom stereocenters. The van der Waals surface area contributed by atoms with Gasteiger partial charge in [0.15, 0.2) is 0 Å². The lowest BCUT2D eigenvalue weighted by Gasteiger charge is -2.23. The Balaban J connectivity index is 1.44. The molecule has 1 aliphatic rings. The van der Waals surface area contributed by atoms with Crippen LogP contribution < -0.4 is 20.8 Å². The van der Waals surface area contributed by atoms with Crippen LogP contribution in [0.1, 0.15) is 29.8 Å². The van der Waals surface area contributed by atoms with E-state index in [1.807, 2.05) is 48.5 Å². The quantitative estimate of drug-likeness (QED) is 0.446. The summed E-state index contributed by atoms with van der Waals surface area (Å²) in [4.78, 5) is 42.7. The van der Waals surface area contributed by atoms with Crippen molar-refractivity contribution < 1.29 is 19.1 Å². The van der Waals surface area contributed by atoms with Crippen molar-refractivity contribution in [2.75, 3.05) is 13.7 Å². The van der Waals surface area contributed by atoms with Crippen LogP contribution in [-0.4, -0.2) is 41.5 Å². The number of pyridine rings is 1. The monoisotopic (exact) mass is 459 g/mol. The molecule has 4 rings (SSSR count). The van der Waals surface area contributed by atoms with Gasteiger partial charge < -0.3 is 10.1 Å². The average molecular weight is 460 g/mol. The molecule has 3 aromatic rings. The number of carbonyl (C=O) groups excluding carboxylic acids is 3. The van der Waals surface area contributed by atoms with Crippen molar-refractivity contribution in [2.24, 2.45) is 0 Å². The molecule has 2 heterocycles. The number of aromatic nitrogens is 1. The normalized spacial score (nSPS) is 18.4. The van der Waals surface area contributed by atoms with Gasteiger partial charge in [-0.1, -0.05) is 48.5 Å². The minimum atomic E-state index is -1.31. The summed E-state index contributed by atoms with van der Waals surface area (Å²) < 4.78 is 5.15. The largest absolute Gasteiger partial charge is 0.497 e. The molecule has 2 atom stereocenters. The van der Waals surface area contributed by atoms with Crippen LogP contribution in [0.5, 0.6) is 5.75 Å². The van der Waals surface area contributed by atoms with Crippen LogP contribution in [0.15, 0.2) is 79.0 Å². The van der Waals surface area contributed by atoms with Crippen molar-refractivity contribution in [1.29, 1.82) is 0 Å². The third kappa shape index (κ3) is 4.60. The highest BCUT2D eigenvalue weighted by molar-refractivity contribution is 6.08. The third-order valence-corrected chi connectivity index (χ3v) is 5.68. The van der Waals surface area contributed by atoms with E-state index in [9.17, 15) is 14.4 Å². The Morgan fingerprint density at radius 3 is 2.41 bits per heavy atom. The molecule has 9 heteroatoms. The molecule has 174 valence electrons. The average Bonchev–Trinajstić information content (AvgIpc) is 3.09. The van der Waals surface area contributed by atoms with Gasteiger partial charge in [0.2, 0.25) is 0 Å². The van der Waals surface area contributed by atoms with Gasteiger partial charge in [0.25, 0.3) is 11.8 Å². The van der Waals surface area contributed by atoms with Gasteiger partial charge in [-0.2, -0.15) is 5.01 Å². The number of nitrogens with zero attached hydrogens (tertiary/aromatic N) is 2.